The van der Waals surface area contributed by atoms with E-state index in [2.05, 4.69) is 12.2 Å². The Kier molecular flexibility index (Phi) is 6.18. The molecule has 0 bridgehead atoms. The second kappa shape index (κ2) is 7.90. The highest BCUT2D eigenvalue weighted by atomic mass is 35.5. The molecule has 1 aliphatic carbocycles. The Bertz CT molecular complexity index is 421. The van der Waals surface area contributed by atoms with Gasteiger partial charge in [0.2, 0.25) is 0 Å². The van der Waals surface area contributed by atoms with Gasteiger partial charge in [-0.2, -0.15) is 0 Å². The highest BCUT2D eigenvalue weighted by Gasteiger charge is 2.24. The van der Waals surface area contributed by atoms with Crippen LogP contribution in [0.5, 0.6) is 5.75 Å². The minimum atomic E-state index is 0.282. The van der Waals surface area contributed by atoms with Gasteiger partial charge in [-0.25, -0.2) is 0 Å². The fourth-order valence-corrected chi connectivity index (χ4v) is 2.96. The third-order valence-electron chi connectivity index (χ3n) is 4.03. The zero-order valence-electron chi connectivity index (χ0n) is 12.6. The average Bonchev–Trinajstić information content (AvgIpc) is 2.66. The van der Waals surface area contributed by atoms with Crippen LogP contribution in [0.4, 0.5) is 0 Å². The molecule has 2 rings (SSSR count). The molecular formula is C17H26ClNO. The predicted octanol–water partition coefficient (Wildman–Crippen LogP) is 4.73. The fraction of sp³-hybridized carbons (Fsp3) is 0.647. The van der Waals surface area contributed by atoms with Crippen molar-refractivity contribution in [1.29, 1.82) is 0 Å². The zero-order valence-corrected chi connectivity index (χ0v) is 13.4. The van der Waals surface area contributed by atoms with Gasteiger partial charge >= 0.3 is 0 Å². The lowest BCUT2D eigenvalue weighted by molar-refractivity contribution is 0.144. The smallest absolute Gasteiger partial charge is 0.120 e. The van der Waals surface area contributed by atoms with Gasteiger partial charge in [-0.05, 0) is 62.9 Å². The molecule has 0 heterocycles. The van der Waals surface area contributed by atoms with Crippen LogP contribution < -0.4 is 10.1 Å². The molecule has 20 heavy (non-hydrogen) atoms. The van der Waals surface area contributed by atoms with Crippen LogP contribution in [0.15, 0.2) is 18.2 Å². The second-order valence-corrected chi connectivity index (χ2v) is 6.17. The van der Waals surface area contributed by atoms with Gasteiger partial charge in [0.05, 0.1) is 0 Å². The van der Waals surface area contributed by atoms with E-state index in [-0.39, 0.29) is 6.10 Å². The van der Waals surface area contributed by atoms with Crippen molar-refractivity contribution in [3.63, 3.8) is 0 Å². The van der Waals surface area contributed by atoms with Gasteiger partial charge in [0.1, 0.15) is 11.9 Å². The van der Waals surface area contributed by atoms with Crippen LogP contribution in [0, 0.1) is 6.92 Å². The summed E-state index contributed by atoms with van der Waals surface area (Å²) in [5.41, 5.74) is 1.08. The molecule has 1 saturated carbocycles. The summed E-state index contributed by atoms with van der Waals surface area (Å²) >= 11 is 6.08. The molecule has 0 aromatic heterocycles. The number of nitrogens with one attached hydrogen (secondary N) is 1. The van der Waals surface area contributed by atoms with E-state index in [4.69, 9.17) is 16.3 Å². The van der Waals surface area contributed by atoms with Crippen molar-refractivity contribution in [1.82, 2.24) is 5.32 Å². The summed E-state index contributed by atoms with van der Waals surface area (Å²) in [5.74, 6) is 0.946. The molecule has 1 fully saturated rings. The maximum absolute atomic E-state index is 6.26. The molecule has 2 unspecified atom stereocenters. The van der Waals surface area contributed by atoms with E-state index in [9.17, 15) is 0 Å². The van der Waals surface area contributed by atoms with E-state index in [1.54, 1.807) is 0 Å². The zero-order chi connectivity index (χ0) is 14.4. The Morgan fingerprint density at radius 1 is 1.25 bits per heavy atom. The molecule has 1 N–H and O–H groups in total. The van der Waals surface area contributed by atoms with Crippen LogP contribution in [0.1, 0.15) is 51.0 Å². The summed E-state index contributed by atoms with van der Waals surface area (Å²) in [6.07, 6.45) is 7.71. The van der Waals surface area contributed by atoms with Crippen molar-refractivity contribution >= 4 is 11.6 Å². The third kappa shape index (κ3) is 4.39. The van der Waals surface area contributed by atoms with E-state index < -0.39 is 0 Å². The molecule has 0 aliphatic heterocycles. The summed E-state index contributed by atoms with van der Waals surface area (Å²) in [7, 11) is 0. The second-order valence-electron chi connectivity index (χ2n) is 5.77. The Morgan fingerprint density at radius 2 is 2.05 bits per heavy atom. The van der Waals surface area contributed by atoms with E-state index >= 15 is 0 Å². The van der Waals surface area contributed by atoms with E-state index in [0.717, 1.165) is 29.3 Å². The number of rotatable bonds is 5. The van der Waals surface area contributed by atoms with E-state index in [1.165, 1.54) is 32.1 Å². The van der Waals surface area contributed by atoms with Crippen LogP contribution in [0.2, 0.25) is 5.02 Å². The van der Waals surface area contributed by atoms with Gasteiger partial charge in [0.25, 0.3) is 0 Å². The first-order chi connectivity index (χ1) is 9.70. The Balaban J connectivity index is 2.03. The number of benzene rings is 1. The van der Waals surface area contributed by atoms with Crippen LogP contribution in [-0.2, 0) is 0 Å². The molecule has 112 valence electrons. The van der Waals surface area contributed by atoms with Crippen molar-refractivity contribution in [3.8, 4) is 5.75 Å². The molecule has 2 nitrogen and oxygen atoms in total. The normalized spacial score (nSPS) is 23.4. The minimum Gasteiger partial charge on any atom is -0.489 e. The van der Waals surface area contributed by atoms with Crippen molar-refractivity contribution in [2.75, 3.05) is 6.54 Å². The van der Waals surface area contributed by atoms with Gasteiger partial charge in [-0.15, -0.1) is 0 Å². The van der Waals surface area contributed by atoms with Crippen molar-refractivity contribution in [2.45, 2.75) is 64.5 Å². The summed E-state index contributed by atoms with van der Waals surface area (Å²) < 4.78 is 6.26. The highest BCUT2D eigenvalue weighted by molar-refractivity contribution is 6.31. The van der Waals surface area contributed by atoms with Crippen molar-refractivity contribution in [2.24, 2.45) is 0 Å². The highest BCUT2D eigenvalue weighted by Crippen LogP contribution is 2.26. The molecule has 2 atom stereocenters. The first kappa shape index (κ1) is 15.7. The molecule has 1 aromatic carbocycles. The SMILES string of the molecule is CCCNC1CCCCCC1Oc1ccc(Cl)c(C)c1. The molecule has 0 radical (unpaired) electrons. The molecule has 1 aliphatic rings. The number of hydrogen-bond donors (Lipinski definition) is 1. The Morgan fingerprint density at radius 3 is 2.80 bits per heavy atom. The first-order valence-electron chi connectivity index (χ1n) is 7.87. The number of aryl methyl sites for hydroxylation is 1. The largest absolute Gasteiger partial charge is 0.489 e. The van der Waals surface area contributed by atoms with Crippen LogP contribution in [0.25, 0.3) is 0 Å². The van der Waals surface area contributed by atoms with Crippen molar-refractivity contribution in [3.05, 3.63) is 28.8 Å². The van der Waals surface area contributed by atoms with Gasteiger partial charge < -0.3 is 10.1 Å². The number of ether oxygens (including phenoxy) is 1. The summed E-state index contributed by atoms with van der Waals surface area (Å²) in [6, 6.07) is 6.44. The summed E-state index contributed by atoms with van der Waals surface area (Å²) in [6.45, 7) is 5.31. The molecule has 0 spiro atoms. The molecular weight excluding hydrogens is 270 g/mol. The number of halogens is 1. The third-order valence-corrected chi connectivity index (χ3v) is 4.45. The molecule has 0 amide bonds. The fourth-order valence-electron chi connectivity index (χ4n) is 2.84. The molecule has 3 heteroatoms. The lowest BCUT2D eigenvalue weighted by atomic mass is 10.1. The standard InChI is InChI=1S/C17H26ClNO/c1-3-11-19-16-7-5-4-6-8-17(16)20-14-9-10-15(18)13(2)12-14/h9-10,12,16-17,19H,3-8,11H2,1-2H3. The maximum Gasteiger partial charge on any atom is 0.120 e. The average molecular weight is 296 g/mol. The van der Waals surface area contributed by atoms with Crippen LogP contribution in [0.3, 0.4) is 0 Å². The lowest BCUT2D eigenvalue weighted by Gasteiger charge is -2.27. The quantitative estimate of drug-likeness (QED) is 0.793. The van der Waals surface area contributed by atoms with Gasteiger partial charge in [-0.3, -0.25) is 0 Å². The topological polar surface area (TPSA) is 21.3 Å². The lowest BCUT2D eigenvalue weighted by Crippen LogP contribution is -2.42. The van der Waals surface area contributed by atoms with Crippen molar-refractivity contribution < 1.29 is 4.74 Å². The van der Waals surface area contributed by atoms with Gasteiger partial charge in [0, 0.05) is 11.1 Å². The Labute approximate surface area is 127 Å². The van der Waals surface area contributed by atoms with Crippen LogP contribution >= 0.6 is 11.6 Å². The van der Waals surface area contributed by atoms with Crippen LogP contribution in [-0.4, -0.2) is 18.7 Å². The maximum atomic E-state index is 6.26. The minimum absolute atomic E-state index is 0.282. The monoisotopic (exact) mass is 295 g/mol. The van der Waals surface area contributed by atoms with Gasteiger partial charge in [0.15, 0.2) is 0 Å². The summed E-state index contributed by atoms with van der Waals surface area (Å²) in [4.78, 5) is 0. The van der Waals surface area contributed by atoms with E-state index in [1.807, 2.05) is 25.1 Å². The van der Waals surface area contributed by atoms with E-state index in [0.29, 0.717) is 6.04 Å². The molecule has 1 aromatic rings. The predicted molar refractivity (Wildman–Crippen MR) is 85.8 cm³/mol. The van der Waals surface area contributed by atoms with Gasteiger partial charge in [-0.1, -0.05) is 31.4 Å². The Hall–Kier alpha value is -0.730. The summed E-state index contributed by atoms with van der Waals surface area (Å²) in [5, 5.41) is 4.46. The number of hydrogen-bond acceptors (Lipinski definition) is 2. The molecule has 0 saturated heterocycles. The first-order valence-corrected chi connectivity index (χ1v) is 8.24.